The van der Waals surface area contributed by atoms with Crippen molar-refractivity contribution in [1.82, 2.24) is 0 Å². The first-order chi connectivity index (χ1) is 5.69. The van der Waals surface area contributed by atoms with Crippen LogP contribution in [-0.4, -0.2) is 12.5 Å². The van der Waals surface area contributed by atoms with Gasteiger partial charge in [0.2, 0.25) is 0 Å². The van der Waals surface area contributed by atoms with E-state index in [4.69, 9.17) is 0 Å². The summed E-state index contributed by atoms with van der Waals surface area (Å²) in [5, 5.41) is 0. The van der Waals surface area contributed by atoms with Gasteiger partial charge in [-0.3, -0.25) is 0 Å². The largest absolute Gasteiger partial charge is 0.207 e. The topological polar surface area (TPSA) is 0 Å². The fraction of sp³-hybridized carbons (Fsp3) is 0.250. The minimum absolute atomic E-state index is 0.323. The molecule has 0 nitrogen and oxygen atoms in total. The van der Waals surface area contributed by atoms with Gasteiger partial charge in [0.25, 0.3) is 0 Å². The molecule has 0 saturated carbocycles. The third-order valence-corrected chi connectivity index (χ3v) is 2.88. The predicted molar refractivity (Wildman–Crippen MR) is 49.9 cm³/mol. The van der Waals surface area contributed by atoms with Gasteiger partial charge in [-0.1, -0.05) is 0 Å². The maximum Gasteiger partial charge on any atom is 0.150 e. The SMILES string of the molecule is CSc1cc(F)cc(SC)c1F. The molecule has 4 heteroatoms. The normalized spacial score (nSPS) is 10.3. The van der Waals surface area contributed by atoms with Crippen LogP contribution < -0.4 is 0 Å². The number of benzene rings is 1. The van der Waals surface area contributed by atoms with Crippen molar-refractivity contribution >= 4 is 23.5 Å². The summed E-state index contributed by atoms with van der Waals surface area (Å²) in [4.78, 5) is 0.721. The van der Waals surface area contributed by atoms with Gasteiger partial charge in [-0.2, -0.15) is 0 Å². The Kier molecular flexibility index (Phi) is 3.40. The first-order valence-electron chi connectivity index (χ1n) is 3.26. The highest BCUT2D eigenvalue weighted by Gasteiger charge is 2.08. The zero-order valence-corrected chi connectivity index (χ0v) is 8.36. The standard InChI is InChI=1S/C8H8F2S2/c1-11-6-3-5(9)4-7(12-2)8(6)10/h3-4H,1-2H3. The van der Waals surface area contributed by atoms with Gasteiger partial charge >= 0.3 is 0 Å². The van der Waals surface area contributed by atoms with Crippen LogP contribution in [0.5, 0.6) is 0 Å². The molecule has 66 valence electrons. The number of hydrogen-bond donors (Lipinski definition) is 0. The Labute approximate surface area is 78.7 Å². The molecule has 0 radical (unpaired) electrons. The van der Waals surface area contributed by atoms with Gasteiger partial charge < -0.3 is 0 Å². The van der Waals surface area contributed by atoms with Gasteiger partial charge in [0.05, 0.1) is 0 Å². The minimum Gasteiger partial charge on any atom is -0.207 e. The molecule has 0 atom stereocenters. The van der Waals surface area contributed by atoms with Crippen LogP contribution in [0.25, 0.3) is 0 Å². The monoisotopic (exact) mass is 206 g/mol. The van der Waals surface area contributed by atoms with Crippen LogP contribution in [0.15, 0.2) is 21.9 Å². The number of halogens is 2. The Morgan fingerprint density at radius 2 is 1.42 bits per heavy atom. The van der Waals surface area contributed by atoms with Gasteiger partial charge in [-0.25, -0.2) is 8.78 Å². The summed E-state index contributed by atoms with van der Waals surface area (Å²) < 4.78 is 26.0. The maximum absolute atomic E-state index is 13.2. The molecule has 0 aliphatic rings. The van der Waals surface area contributed by atoms with E-state index in [2.05, 4.69) is 0 Å². The molecule has 0 bridgehead atoms. The van der Waals surface area contributed by atoms with Crippen molar-refractivity contribution in [2.75, 3.05) is 12.5 Å². The van der Waals surface area contributed by atoms with E-state index in [0.29, 0.717) is 9.79 Å². The Morgan fingerprint density at radius 1 is 1.00 bits per heavy atom. The highest BCUT2D eigenvalue weighted by Crippen LogP contribution is 2.28. The second-order valence-electron chi connectivity index (χ2n) is 2.12. The average Bonchev–Trinajstić information content (AvgIpc) is 2.08. The molecule has 0 aliphatic carbocycles. The highest BCUT2D eigenvalue weighted by atomic mass is 32.2. The van der Waals surface area contributed by atoms with Crippen LogP contribution in [0.4, 0.5) is 8.78 Å². The van der Waals surface area contributed by atoms with Crippen molar-refractivity contribution in [2.45, 2.75) is 9.79 Å². The summed E-state index contributed by atoms with van der Waals surface area (Å²) >= 11 is 2.42. The Hall–Kier alpha value is -0.220. The van der Waals surface area contributed by atoms with Crippen LogP contribution in [-0.2, 0) is 0 Å². The summed E-state index contributed by atoms with van der Waals surface area (Å²) in [7, 11) is 0. The zero-order valence-electron chi connectivity index (χ0n) is 6.73. The van der Waals surface area contributed by atoms with Crippen molar-refractivity contribution in [1.29, 1.82) is 0 Å². The molecule has 1 aromatic carbocycles. The molecular weight excluding hydrogens is 198 g/mol. The number of rotatable bonds is 2. The van der Waals surface area contributed by atoms with E-state index in [0.717, 1.165) is 0 Å². The van der Waals surface area contributed by atoms with Crippen molar-refractivity contribution in [3.63, 3.8) is 0 Å². The summed E-state index contributed by atoms with van der Waals surface area (Å²) in [5.74, 6) is -0.707. The molecule has 0 unspecified atom stereocenters. The Morgan fingerprint density at radius 3 is 1.75 bits per heavy atom. The third kappa shape index (κ3) is 1.93. The van der Waals surface area contributed by atoms with E-state index < -0.39 is 0 Å². The van der Waals surface area contributed by atoms with Crippen molar-refractivity contribution in [3.8, 4) is 0 Å². The van der Waals surface area contributed by atoms with Crippen molar-refractivity contribution < 1.29 is 8.78 Å². The summed E-state index contributed by atoms with van der Waals surface area (Å²) in [5.41, 5.74) is 0. The predicted octanol–water partition coefficient (Wildman–Crippen LogP) is 3.41. The maximum atomic E-state index is 13.2. The molecule has 0 fully saturated rings. The molecule has 0 saturated heterocycles. The molecule has 1 aromatic rings. The molecule has 0 heterocycles. The number of thioether (sulfide) groups is 2. The molecule has 0 aromatic heterocycles. The molecule has 0 aliphatic heterocycles. The van der Waals surface area contributed by atoms with Crippen LogP contribution >= 0.6 is 23.5 Å². The van der Waals surface area contributed by atoms with E-state index in [1.807, 2.05) is 0 Å². The molecule has 0 spiro atoms. The van der Waals surface area contributed by atoms with Crippen molar-refractivity contribution in [3.05, 3.63) is 23.8 Å². The Bertz CT molecular complexity index is 261. The van der Waals surface area contributed by atoms with Gasteiger partial charge in [-0.05, 0) is 24.6 Å². The lowest BCUT2D eigenvalue weighted by Gasteiger charge is -2.03. The quantitative estimate of drug-likeness (QED) is 0.680. The van der Waals surface area contributed by atoms with Crippen molar-refractivity contribution in [2.24, 2.45) is 0 Å². The van der Waals surface area contributed by atoms with E-state index in [1.165, 1.54) is 35.7 Å². The molecule has 12 heavy (non-hydrogen) atoms. The van der Waals surface area contributed by atoms with Gasteiger partial charge in [0, 0.05) is 9.79 Å². The first kappa shape index (κ1) is 9.86. The van der Waals surface area contributed by atoms with Crippen LogP contribution in [0, 0.1) is 11.6 Å². The van der Waals surface area contributed by atoms with E-state index in [-0.39, 0.29) is 11.6 Å². The second kappa shape index (κ2) is 4.14. The van der Waals surface area contributed by atoms with Gasteiger partial charge in [0.1, 0.15) is 11.6 Å². The van der Waals surface area contributed by atoms with Crippen LogP contribution in [0.3, 0.4) is 0 Å². The first-order valence-corrected chi connectivity index (χ1v) is 5.71. The van der Waals surface area contributed by atoms with Gasteiger partial charge in [0.15, 0.2) is 0 Å². The lowest BCUT2D eigenvalue weighted by molar-refractivity contribution is 0.552. The third-order valence-electron chi connectivity index (χ3n) is 1.41. The van der Waals surface area contributed by atoms with Crippen LogP contribution in [0.1, 0.15) is 0 Å². The molecule has 0 N–H and O–H groups in total. The highest BCUT2D eigenvalue weighted by molar-refractivity contribution is 7.99. The van der Waals surface area contributed by atoms with E-state index >= 15 is 0 Å². The minimum atomic E-state index is -0.384. The zero-order chi connectivity index (χ0) is 9.14. The fourth-order valence-corrected chi connectivity index (χ4v) is 1.94. The lowest BCUT2D eigenvalue weighted by atomic mass is 10.3. The fourth-order valence-electron chi connectivity index (χ4n) is 0.837. The Balaban J connectivity index is 3.22. The summed E-state index contributed by atoms with van der Waals surface area (Å²) in [6, 6.07) is 2.42. The van der Waals surface area contributed by atoms with E-state index in [9.17, 15) is 8.78 Å². The van der Waals surface area contributed by atoms with Crippen LogP contribution in [0.2, 0.25) is 0 Å². The smallest absolute Gasteiger partial charge is 0.150 e. The molecular formula is C8H8F2S2. The van der Waals surface area contributed by atoms with E-state index in [1.54, 1.807) is 12.5 Å². The average molecular weight is 206 g/mol. The summed E-state index contributed by atoms with van der Waals surface area (Å²) in [6.07, 6.45) is 3.45. The molecule has 1 rings (SSSR count). The van der Waals surface area contributed by atoms with Gasteiger partial charge in [-0.15, -0.1) is 23.5 Å². The number of hydrogen-bond acceptors (Lipinski definition) is 2. The lowest BCUT2D eigenvalue weighted by Crippen LogP contribution is -1.87. The summed E-state index contributed by atoms with van der Waals surface area (Å²) in [6.45, 7) is 0. The second-order valence-corrected chi connectivity index (χ2v) is 3.82. The molecule has 0 amide bonds.